The molecular weight excluding hydrogens is 420 g/mol. The molecule has 3 heterocycles. The van der Waals surface area contributed by atoms with E-state index in [2.05, 4.69) is 34.2 Å². The van der Waals surface area contributed by atoms with Crippen molar-refractivity contribution < 1.29 is 4.74 Å². The van der Waals surface area contributed by atoms with Crippen LogP contribution in [0.4, 0.5) is 10.9 Å². The average molecular weight is 455 g/mol. The van der Waals surface area contributed by atoms with Crippen molar-refractivity contribution in [3.05, 3.63) is 24.3 Å². The Balaban J connectivity index is 1.44. The van der Waals surface area contributed by atoms with Crippen molar-refractivity contribution in [3.63, 3.8) is 0 Å². The normalized spacial score (nSPS) is 18.0. The van der Waals surface area contributed by atoms with Crippen LogP contribution in [0.3, 0.4) is 0 Å². The number of ether oxygens (including phenoxy) is 1. The van der Waals surface area contributed by atoms with Crippen molar-refractivity contribution in [2.75, 3.05) is 49.5 Å². The number of rotatable bonds is 8. The molecule has 8 heteroatoms. The van der Waals surface area contributed by atoms with Gasteiger partial charge < -0.3 is 15.0 Å². The van der Waals surface area contributed by atoms with Gasteiger partial charge in [0.2, 0.25) is 10.1 Å². The van der Waals surface area contributed by atoms with Crippen LogP contribution in [-0.2, 0) is 0 Å². The molecule has 1 saturated carbocycles. The van der Waals surface area contributed by atoms with E-state index in [1.54, 1.807) is 11.3 Å². The molecular formula is C24H34N6OS. The first-order valence-corrected chi connectivity index (χ1v) is 12.9. The summed E-state index contributed by atoms with van der Waals surface area (Å²) < 4.78 is 7.67. The molecule has 0 spiro atoms. The molecule has 32 heavy (non-hydrogen) atoms. The zero-order chi connectivity index (χ0) is 21.9. The van der Waals surface area contributed by atoms with E-state index in [4.69, 9.17) is 14.8 Å². The molecule has 1 aliphatic heterocycles. The molecule has 0 atom stereocenters. The van der Waals surface area contributed by atoms with E-state index >= 15 is 0 Å². The van der Waals surface area contributed by atoms with Crippen LogP contribution in [0.2, 0.25) is 0 Å². The molecule has 1 aliphatic carbocycles. The number of hydrogen-bond acceptors (Lipinski definition) is 7. The van der Waals surface area contributed by atoms with Crippen LogP contribution in [0.15, 0.2) is 24.3 Å². The number of fused-ring (bicyclic) bond motifs is 1. The molecule has 1 saturated heterocycles. The van der Waals surface area contributed by atoms with Gasteiger partial charge in [-0.15, -0.1) is 5.10 Å². The molecule has 0 amide bonds. The van der Waals surface area contributed by atoms with Crippen LogP contribution >= 0.6 is 11.3 Å². The Hall–Kier alpha value is -2.32. The Labute approximate surface area is 194 Å². The van der Waals surface area contributed by atoms with Crippen LogP contribution in [0.1, 0.15) is 46.0 Å². The van der Waals surface area contributed by atoms with E-state index in [0.29, 0.717) is 12.6 Å². The number of anilines is 2. The lowest BCUT2D eigenvalue weighted by atomic mass is 10.1. The quantitative estimate of drug-likeness (QED) is 0.530. The highest BCUT2D eigenvalue weighted by Crippen LogP contribution is 2.36. The minimum atomic E-state index is 0.499. The summed E-state index contributed by atoms with van der Waals surface area (Å²) in [6.45, 7) is 10.4. The van der Waals surface area contributed by atoms with Gasteiger partial charge >= 0.3 is 0 Å². The number of nitrogens with one attached hydrogen (secondary N) is 1. The van der Waals surface area contributed by atoms with Gasteiger partial charge in [-0.25, -0.2) is 4.98 Å². The maximum Gasteiger partial charge on any atom is 0.216 e. The van der Waals surface area contributed by atoms with Crippen molar-refractivity contribution in [2.24, 2.45) is 0 Å². The van der Waals surface area contributed by atoms with Gasteiger partial charge in [-0.2, -0.15) is 4.52 Å². The van der Waals surface area contributed by atoms with Crippen molar-refractivity contribution >= 4 is 27.2 Å². The van der Waals surface area contributed by atoms with Gasteiger partial charge in [0.25, 0.3) is 0 Å². The SMILES string of the molecule is CCCN1CCN(c2nn3c(NC4CCCC4)c(-c4ccc(OCC)cc4)nc3s2)CC1. The molecule has 7 nitrogen and oxygen atoms in total. The Kier molecular flexibility index (Phi) is 6.50. The van der Waals surface area contributed by atoms with E-state index in [9.17, 15) is 0 Å². The second-order valence-electron chi connectivity index (χ2n) is 8.80. The third-order valence-corrected chi connectivity index (χ3v) is 7.48. The molecule has 2 fully saturated rings. The van der Waals surface area contributed by atoms with Crippen LogP contribution in [0.25, 0.3) is 16.2 Å². The fourth-order valence-electron chi connectivity index (χ4n) is 4.82. The number of imidazole rings is 1. The summed E-state index contributed by atoms with van der Waals surface area (Å²) in [4.78, 5) is 11.0. The van der Waals surface area contributed by atoms with Crippen molar-refractivity contribution in [2.45, 2.75) is 52.0 Å². The standard InChI is InChI=1S/C24H34N6OS/c1-3-13-28-14-16-29(17-15-28)24-27-30-22(25-19-7-5-6-8-19)21(26-23(30)32-24)18-9-11-20(12-10-18)31-4-2/h9-12,19,25H,3-8,13-17H2,1-2H3. The van der Waals surface area contributed by atoms with Gasteiger partial charge in [0.05, 0.1) is 6.61 Å². The lowest BCUT2D eigenvalue weighted by Crippen LogP contribution is -2.46. The number of aromatic nitrogens is 3. The number of benzene rings is 1. The lowest BCUT2D eigenvalue weighted by Gasteiger charge is -2.34. The fourth-order valence-corrected chi connectivity index (χ4v) is 5.77. The summed E-state index contributed by atoms with van der Waals surface area (Å²) in [5.41, 5.74) is 2.08. The minimum Gasteiger partial charge on any atom is -0.494 e. The van der Waals surface area contributed by atoms with E-state index < -0.39 is 0 Å². The van der Waals surface area contributed by atoms with Gasteiger partial charge in [0.15, 0.2) is 5.82 Å². The first-order valence-electron chi connectivity index (χ1n) is 12.1. The predicted molar refractivity (Wildman–Crippen MR) is 132 cm³/mol. The maximum atomic E-state index is 5.62. The second-order valence-corrected chi connectivity index (χ2v) is 9.73. The Morgan fingerprint density at radius 3 is 2.50 bits per heavy atom. The van der Waals surface area contributed by atoms with Crippen LogP contribution < -0.4 is 15.0 Å². The van der Waals surface area contributed by atoms with E-state index in [1.165, 1.54) is 38.6 Å². The molecule has 1 aromatic carbocycles. The maximum absolute atomic E-state index is 5.62. The summed E-state index contributed by atoms with van der Waals surface area (Å²) in [6.07, 6.45) is 6.24. The van der Waals surface area contributed by atoms with Gasteiger partial charge in [-0.1, -0.05) is 31.1 Å². The van der Waals surface area contributed by atoms with Crippen molar-refractivity contribution in [1.82, 2.24) is 19.5 Å². The first-order chi connectivity index (χ1) is 15.7. The Morgan fingerprint density at radius 2 is 1.81 bits per heavy atom. The van der Waals surface area contributed by atoms with Crippen LogP contribution in [-0.4, -0.2) is 64.9 Å². The van der Waals surface area contributed by atoms with E-state index in [1.807, 2.05) is 23.6 Å². The smallest absolute Gasteiger partial charge is 0.216 e. The highest BCUT2D eigenvalue weighted by Gasteiger charge is 2.25. The molecule has 1 N–H and O–H groups in total. The number of piperazine rings is 1. The van der Waals surface area contributed by atoms with Gasteiger partial charge in [-0.3, -0.25) is 4.90 Å². The molecule has 0 radical (unpaired) electrons. The largest absolute Gasteiger partial charge is 0.494 e. The van der Waals surface area contributed by atoms with Crippen molar-refractivity contribution in [3.8, 4) is 17.0 Å². The second kappa shape index (κ2) is 9.67. The average Bonchev–Trinajstić information content (AvgIpc) is 3.54. The summed E-state index contributed by atoms with van der Waals surface area (Å²) in [5, 5.41) is 9.91. The number of hydrogen-bond donors (Lipinski definition) is 1. The zero-order valence-electron chi connectivity index (χ0n) is 19.2. The summed E-state index contributed by atoms with van der Waals surface area (Å²) in [7, 11) is 0. The topological polar surface area (TPSA) is 57.9 Å². The van der Waals surface area contributed by atoms with Gasteiger partial charge in [0.1, 0.15) is 11.4 Å². The van der Waals surface area contributed by atoms with Crippen LogP contribution in [0.5, 0.6) is 5.75 Å². The minimum absolute atomic E-state index is 0.499. The third kappa shape index (κ3) is 4.43. The fraction of sp³-hybridized carbons (Fsp3) is 0.583. The molecule has 3 aromatic rings. The Morgan fingerprint density at radius 1 is 1.06 bits per heavy atom. The Bertz CT molecular complexity index is 1020. The number of nitrogens with zero attached hydrogens (tertiary/aromatic N) is 5. The first kappa shape index (κ1) is 21.5. The van der Waals surface area contributed by atoms with Gasteiger partial charge in [0, 0.05) is 37.8 Å². The monoisotopic (exact) mass is 454 g/mol. The zero-order valence-corrected chi connectivity index (χ0v) is 20.0. The third-order valence-electron chi connectivity index (χ3n) is 6.51. The van der Waals surface area contributed by atoms with Crippen LogP contribution in [0, 0.1) is 0 Å². The van der Waals surface area contributed by atoms with E-state index in [-0.39, 0.29) is 0 Å². The molecule has 0 unspecified atom stereocenters. The molecule has 172 valence electrons. The molecule has 0 bridgehead atoms. The lowest BCUT2D eigenvalue weighted by molar-refractivity contribution is 0.258. The van der Waals surface area contributed by atoms with Gasteiger partial charge in [-0.05, 0) is 57.0 Å². The highest BCUT2D eigenvalue weighted by atomic mass is 32.1. The van der Waals surface area contributed by atoms with E-state index in [0.717, 1.165) is 59.1 Å². The summed E-state index contributed by atoms with van der Waals surface area (Å²) >= 11 is 1.70. The highest BCUT2D eigenvalue weighted by molar-refractivity contribution is 7.20. The summed E-state index contributed by atoms with van der Waals surface area (Å²) in [5.74, 6) is 1.92. The molecule has 2 aliphatic rings. The molecule has 5 rings (SSSR count). The molecule has 2 aromatic heterocycles. The predicted octanol–water partition coefficient (Wildman–Crippen LogP) is 4.74. The summed E-state index contributed by atoms with van der Waals surface area (Å²) in [6, 6.07) is 8.76. The van der Waals surface area contributed by atoms with Crippen molar-refractivity contribution in [1.29, 1.82) is 0 Å².